The van der Waals surface area contributed by atoms with E-state index in [0.29, 0.717) is 5.78 Å². The summed E-state index contributed by atoms with van der Waals surface area (Å²) in [6, 6.07) is 6.34. The standard InChI is InChI=1S/C22H35BNO2S.C8H16.C7H16/c1-15(2)19(25)22(10-12-24-13-11-22)18-9-8-17(14-16(18)3)23-26-20(4,5)21(6,7)27;1-3-4-8-5-7(2)6-8;1-4-6-7(3)5-2/h8-9,14-15,24,27H,10-13H2,1-7H3;7-8H,3-6H2,1-2H3;7H,4-6H2,1-3H3. The van der Waals surface area contributed by atoms with E-state index in [1.54, 1.807) is 0 Å². The molecule has 0 aromatic heterocycles. The molecule has 1 heterocycles. The molecule has 1 aliphatic carbocycles. The van der Waals surface area contributed by atoms with Crippen LogP contribution in [0.25, 0.3) is 0 Å². The Morgan fingerprint density at radius 2 is 1.67 bits per heavy atom. The Kier molecular flexibility index (Phi) is 17.1. The van der Waals surface area contributed by atoms with Gasteiger partial charge in [-0.2, -0.15) is 12.6 Å². The van der Waals surface area contributed by atoms with Crippen molar-refractivity contribution in [3.05, 3.63) is 29.3 Å². The highest BCUT2D eigenvalue weighted by atomic mass is 32.1. The molecular formula is C37H67BNO2S. The van der Waals surface area contributed by atoms with Crippen LogP contribution >= 0.6 is 12.6 Å². The summed E-state index contributed by atoms with van der Waals surface area (Å²) in [6.07, 6.45) is 11.7. The van der Waals surface area contributed by atoms with E-state index in [2.05, 4.69) is 91.5 Å². The third kappa shape index (κ3) is 12.0. The van der Waals surface area contributed by atoms with E-state index in [0.717, 1.165) is 54.7 Å². The van der Waals surface area contributed by atoms with Gasteiger partial charge in [-0.15, -0.1) is 0 Å². The first kappa shape index (κ1) is 39.2. The molecule has 241 valence electrons. The van der Waals surface area contributed by atoms with Crippen LogP contribution in [-0.4, -0.2) is 36.7 Å². The van der Waals surface area contributed by atoms with Crippen molar-refractivity contribution in [2.75, 3.05) is 13.1 Å². The number of hydrogen-bond acceptors (Lipinski definition) is 4. The predicted molar refractivity (Wildman–Crippen MR) is 190 cm³/mol. The number of ketones is 1. The van der Waals surface area contributed by atoms with Crippen molar-refractivity contribution in [3.8, 4) is 0 Å². The second-order valence-corrected chi connectivity index (χ2v) is 15.9. The lowest BCUT2D eigenvalue weighted by Crippen LogP contribution is -2.48. The van der Waals surface area contributed by atoms with E-state index in [-0.39, 0.29) is 16.1 Å². The fraction of sp³-hybridized carbons (Fsp3) is 0.811. The van der Waals surface area contributed by atoms with Gasteiger partial charge in [0.1, 0.15) is 5.78 Å². The molecule has 2 aliphatic rings. The van der Waals surface area contributed by atoms with Crippen molar-refractivity contribution in [1.29, 1.82) is 0 Å². The molecule has 2 fully saturated rings. The quantitative estimate of drug-likeness (QED) is 0.186. The number of benzene rings is 1. The minimum Gasteiger partial charge on any atom is -0.428 e. The number of rotatable bonds is 12. The van der Waals surface area contributed by atoms with Gasteiger partial charge in [-0.05, 0) is 102 Å². The summed E-state index contributed by atoms with van der Waals surface area (Å²) in [7, 11) is 1.81. The first-order chi connectivity index (χ1) is 19.5. The van der Waals surface area contributed by atoms with E-state index in [4.69, 9.17) is 4.65 Å². The largest absolute Gasteiger partial charge is 0.428 e. The van der Waals surface area contributed by atoms with E-state index in [1.165, 1.54) is 50.5 Å². The van der Waals surface area contributed by atoms with Gasteiger partial charge < -0.3 is 9.97 Å². The van der Waals surface area contributed by atoms with Gasteiger partial charge in [0, 0.05) is 10.7 Å². The van der Waals surface area contributed by atoms with Crippen LogP contribution in [0.4, 0.5) is 0 Å². The van der Waals surface area contributed by atoms with E-state index in [1.807, 2.05) is 35.2 Å². The fourth-order valence-corrected chi connectivity index (χ4v) is 6.17. The molecule has 1 unspecified atom stereocenters. The third-order valence-corrected chi connectivity index (χ3v) is 10.4. The second kappa shape index (κ2) is 18.3. The maximum absolute atomic E-state index is 13.2. The van der Waals surface area contributed by atoms with Gasteiger partial charge in [-0.3, -0.25) is 4.79 Å². The zero-order valence-corrected chi connectivity index (χ0v) is 30.6. The second-order valence-electron chi connectivity index (χ2n) is 14.8. The summed E-state index contributed by atoms with van der Waals surface area (Å²) in [5.41, 5.74) is 2.59. The van der Waals surface area contributed by atoms with Gasteiger partial charge in [0.25, 0.3) is 0 Å². The number of nitrogens with one attached hydrogen (secondary N) is 1. The number of hydrogen-bond donors (Lipinski definition) is 2. The normalized spacial score (nSPS) is 20.8. The number of aryl methyl sites for hydroxylation is 1. The van der Waals surface area contributed by atoms with Crippen molar-refractivity contribution in [2.24, 2.45) is 23.7 Å². The highest BCUT2D eigenvalue weighted by Crippen LogP contribution is 2.38. The van der Waals surface area contributed by atoms with Crippen LogP contribution in [0.3, 0.4) is 0 Å². The molecule has 1 radical (unpaired) electrons. The average molecular weight is 601 g/mol. The van der Waals surface area contributed by atoms with Crippen LogP contribution < -0.4 is 10.8 Å². The van der Waals surface area contributed by atoms with Gasteiger partial charge >= 0.3 is 7.48 Å². The molecule has 1 aliphatic heterocycles. The molecule has 1 aromatic rings. The highest BCUT2D eigenvalue weighted by Gasteiger charge is 2.42. The third-order valence-electron chi connectivity index (χ3n) is 9.83. The summed E-state index contributed by atoms with van der Waals surface area (Å²) >= 11 is 4.65. The molecule has 1 aromatic carbocycles. The molecule has 1 N–H and O–H groups in total. The van der Waals surface area contributed by atoms with Crippen LogP contribution in [0.5, 0.6) is 0 Å². The zero-order valence-electron chi connectivity index (χ0n) is 29.7. The van der Waals surface area contributed by atoms with Gasteiger partial charge in [-0.1, -0.05) is 104 Å². The smallest absolute Gasteiger partial charge is 0.330 e. The fourth-order valence-electron chi connectivity index (χ4n) is 6.12. The minimum atomic E-state index is -0.396. The molecule has 0 bridgehead atoms. The molecule has 1 atom stereocenters. The Bertz CT molecular complexity index is 908. The molecule has 3 nitrogen and oxygen atoms in total. The Hall–Kier alpha value is -0.775. The van der Waals surface area contributed by atoms with Crippen LogP contribution in [0, 0.1) is 30.6 Å². The molecule has 1 saturated carbocycles. The van der Waals surface area contributed by atoms with Crippen LogP contribution in [0.1, 0.15) is 145 Å². The van der Waals surface area contributed by atoms with E-state index in [9.17, 15) is 4.79 Å². The van der Waals surface area contributed by atoms with Gasteiger partial charge in [0.05, 0.1) is 11.0 Å². The summed E-state index contributed by atoms with van der Waals surface area (Å²) in [5.74, 6) is 3.50. The first-order valence-electron chi connectivity index (χ1n) is 17.1. The Labute approximate surface area is 268 Å². The maximum Gasteiger partial charge on any atom is 0.330 e. The van der Waals surface area contributed by atoms with Crippen LogP contribution in [0.15, 0.2) is 18.2 Å². The Morgan fingerprint density at radius 3 is 2.07 bits per heavy atom. The monoisotopic (exact) mass is 600 g/mol. The number of carbonyl (C=O) groups is 1. The summed E-state index contributed by atoms with van der Waals surface area (Å²) in [5, 5.41) is 3.40. The lowest BCUT2D eigenvalue weighted by Gasteiger charge is -2.39. The van der Waals surface area contributed by atoms with Crippen molar-refractivity contribution in [2.45, 2.75) is 157 Å². The van der Waals surface area contributed by atoms with E-state index >= 15 is 0 Å². The van der Waals surface area contributed by atoms with Crippen LogP contribution in [-0.2, 0) is 14.9 Å². The predicted octanol–water partition coefficient (Wildman–Crippen LogP) is 9.25. The van der Waals surface area contributed by atoms with Gasteiger partial charge in [-0.25, -0.2) is 0 Å². The van der Waals surface area contributed by atoms with Crippen molar-refractivity contribution in [1.82, 2.24) is 5.32 Å². The SMILES string of the molecule is CCCC(C)CC.CCCC1CC(C)C1.Cc1cc([B]OC(C)(C)C(C)(C)S)ccc1C1(C(=O)C(C)C)CCNCC1. The lowest BCUT2D eigenvalue weighted by molar-refractivity contribution is -0.128. The topological polar surface area (TPSA) is 38.3 Å². The Morgan fingerprint density at radius 1 is 1.07 bits per heavy atom. The first-order valence-corrected chi connectivity index (χ1v) is 17.6. The molecular weight excluding hydrogens is 533 g/mol. The Balaban J connectivity index is 0.000000477. The number of carbonyl (C=O) groups excluding carboxylic acids is 1. The maximum atomic E-state index is 13.2. The molecule has 3 rings (SSSR count). The van der Waals surface area contributed by atoms with E-state index < -0.39 is 5.60 Å². The molecule has 5 heteroatoms. The zero-order chi connectivity index (χ0) is 32.1. The summed E-state index contributed by atoms with van der Waals surface area (Å²) in [4.78, 5) is 13.2. The van der Waals surface area contributed by atoms with Crippen molar-refractivity contribution < 1.29 is 9.45 Å². The molecule has 42 heavy (non-hydrogen) atoms. The number of piperidine rings is 1. The molecule has 0 amide bonds. The minimum absolute atomic E-state index is 0.0375. The molecule has 1 saturated heterocycles. The summed E-state index contributed by atoms with van der Waals surface area (Å²) in [6.45, 7) is 27.5. The summed E-state index contributed by atoms with van der Waals surface area (Å²) < 4.78 is 5.79. The highest BCUT2D eigenvalue weighted by molar-refractivity contribution is 7.81. The number of thiol groups is 1. The molecule has 0 spiro atoms. The number of Topliss-reactive ketones (excluding diaryl/α,β-unsaturated/α-hetero) is 1. The van der Waals surface area contributed by atoms with Crippen molar-refractivity contribution >= 4 is 31.4 Å². The van der Waals surface area contributed by atoms with Crippen molar-refractivity contribution in [3.63, 3.8) is 0 Å². The van der Waals surface area contributed by atoms with Gasteiger partial charge in [0.15, 0.2) is 0 Å². The lowest BCUT2D eigenvalue weighted by atomic mass is 9.65. The average Bonchev–Trinajstić information content (AvgIpc) is 2.91. The van der Waals surface area contributed by atoms with Crippen LogP contribution in [0.2, 0.25) is 0 Å². The van der Waals surface area contributed by atoms with Gasteiger partial charge in [0.2, 0.25) is 0 Å².